The lowest BCUT2D eigenvalue weighted by molar-refractivity contribution is 0.0951. The molecule has 1 N–H and O–H groups in total. The molecule has 1 aromatic carbocycles. The summed E-state index contributed by atoms with van der Waals surface area (Å²) in [5.74, 6) is 0.409. The number of hydrogen-bond acceptors (Lipinski definition) is 3. The number of pyridine rings is 1. The Hall–Kier alpha value is -2.43. The van der Waals surface area contributed by atoms with Gasteiger partial charge in [-0.05, 0) is 54.8 Å². The van der Waals surface area contributed by atoms with E-state index < -0.39 is 0 Å². The summed E-state index contributed by atoms with van der Waals surface area (Å²) in [7, 11) is 0. The second kappa shape index (κ2) is 6.56. The van der Waals surface area contributed by atoms with Crippen molar-refractivity contribution in [3.05, 3.63) is 59.5 Å². The van der Waals surface area contributed by atoms with Crippen LogP contribution in [0, 0.1) is 5.82 Å². The van der Waals surface area contributed by atoms with E-state index in [1.54, 1.807) is 6.20 Å². The van der Waals surface area contributed by atoms with Gasteiger partial charge in [0, 0.05) is 31.4 Å². The lowest BCUT2D eigenvalue weighted by Gasteiger charge is -2.17. The maximum atomic E-state index is 12.8. The van der Waals surface area contributed by atoms with E-state index in [1.807, 2.05) is 12.1 Å². The summed E-state index contributed by atoms with van der Waals surface area (Å²) in [5.41, 5.74) is 1.46. The maximum Gasteiger partial charge on any atom is 0.251 e. The van der Waals surface area contributed by atoms with E-state index in [4.69, 9.17) is 0 Å². The van der Waals surface area contributed by atoms with Gasteiger partial charge in [-0.1, -0.05) is 0 Å². The van der Waals surface area contributed by atoms with Crippen LogP contribution in [-0.4, -0.2) is 24.0 Å². The Morgan fingerprint density at radius 1 is 1.18 bits per heavy atom. The highest BCUT2D eigenvalue weighted by Gasteiger charge is 2.13. The van der Waals surface area contributed by atoms with Gasteiger partial charge in [-0.15, -0.1) is 0 Å². The van der Waals surface area contributed by atoms with Crippen molar-refractivity contribution in [2.75, 3.05) is 18.0 Å². The van der Waals surface area contributed by atoms with Crippen LogP contribution in [0.2, 0.25) is 0 Å². The smallest absolute Gasteiger partial charge is 0.251 e. The average Bonchev–Trinajstić information content (AvgIpc) is 3.08. The molecule has 0 radical (unpaired) electrons. The second-order valence-electron chi connectivity index (χ2n) is 5.41. The minimum absolute atomic E-state index is 0.209. The molecule has 0 saturated carbocycles. The molecule has 1 aliphatic heterocycles. The first-order valence-electron chi connectivity index (χ1n) is 7.46. The molecule has 1 aromatic heterocycles. The van der Waals surface area contributed by atoms with Gasteiger partial charge in [-0.2, -0.15) is 0 Å². The minimum Gasteiger partial charge on any atom is -0.357 e. The Morgan fingerprint density at radius 2 is 1.91 bits per heavy atom. The van der Waals surface area contributed by atoms with Gasteiger partial charge in [0.05, 0.1) is 0 Å². The largest absolute Gasteiger partial charge is 0.357 e. The van der Waals surface area contributed by atoms with Crippen LogP contribution in [-0.2, 0) is 6.54 Å². The van der Waals surface area contributed by atoms with Crippen molar-refractivity contribution < 1.29 is 9.18 Å². The highest BCUT2D eigenvalue weighted by Crippen LogP contribution is 2.18. The summed E-state index contributed by atoms with van der Waals surface area (Å²) < 4.78 is 12.8. The van der Waals surface area contributed by atoms with Crippen molar-refractivity contribution in [1.82, 2.24) is 10.3 Å². The van der Waals surface area contributed by atoms with Crippen LogP contribution in [0.4, 0.5) is 10.2 Å². The molecule has 2 aromatic rings. The molecular weight excluding hydrogens is 281 g/mol. The quantitative estimate of drug-likeness (QED) is 0.944. The number of carbonyl (C=O) groups excluding carboxylic acids is 1. The van der Waals surface area contributed by atoms with E-state index in [0.717, 1.165) is 24.5 Å². The van der Waals surface area contributed by atoms with Gasteiger partial charge >= 0.3 is 0 Å². The summed E-state index contributed by atoms with van der Waals surface area (Å²) in [5, 5.41) is 2.84. The number of hydrogen-bond donors (Lipinski definition) is 1. The zero-order chi connectivity index (χ0) is 15.4. The number of anilines is 1. The van der Waals surface area contributed by atoms with Crippen molar-refractivity contribution in [2.24, 2.45) is 0 Å². The first-order valence-corrected chi connectivity index (χ1v) is 7.46. The molecule has 0 atom stereocenters. The zero-order valence-electron chi connectivity index (χ0n) is 12.3. The Morgan fingerprint density at radius 3 is 2.64 bits per heavy atom. The number of halogens is 1. The summed E-state index contributed by atoms with van der Waals surface area (Å²) in [6.07, 6.45) is 4.17. The fourth-order valence-corrected chi connectivity index (χ4v) is 2.58. The summed E-state index contributed by atoms with van der Waals surface area (Å²) in [6.45, 7) is 2.51. The van der Waals surface area contributed by atoms with Crippen LogP contribution < -0.4 is 10.2 Å². The number of nitrogens with zero attached hydrogens (tertiary/aromatic N) is 2. The van der Waals surface area contributed by atoms with E-state index in [2.05, 4.69) is 15.2 Å². The van der Waals surface area contributed by atoms with Gasteiger partial charge in [-0.3, -0.25) is 4.79 Å². The summed E-state index contributed by atoms with van der Waals surface area (Å²) in [4.78, 5) is 18.7. The third-order valence-corrected chi connectivity index (χ3v) is 3.80. The van der Waals surface area contributed by atoms with Gasteiger partial charge < -0.3 is 10.2 Å². The predicted molar refractivity (Wildman–Crippen MR) is 83.3 cm³/mol. The predicted octanol–water partition coefficient (Wildman–Crippen LogP) is 2.75. The van der Waals surface area contributed by atoms with E-state index in [9.17, 15) is 9.18 Å². The van der Waals surface area contributed by atoms with Crippen LogP contribution in [0.25, 0.3) is 0 Å². The SMILES string of the molecule is O=C(NCc1ccnc(N2CCCC2)c1)c1ccc(F)cc1. The summed E-state index contributed by atoms with van der Waals surface area (Å²) >= 11 is 0. The van der Waals surface area contributed by atoms with Gasteiger partial charge in [0.2, 0.25) is 0 Å². The molecular formula is C17H18FN3O. The fraction of sp³-hybridized carbons (Fsp3) is 0.294. The molecule has 0 aliphatic carbocycles. The van der Waals surface area contributed by atoms with Crippen molar-refractivity contribution in [3.8, 4) is 0 Å². The van der Waals surface area contributed by atoms with Crippen LogP contribution in [0.3, 0.4) is 0 Å². The minimum atomic E-state index is -0.346. The number of amides is 1. The van der Waals surface area contributed by atoms with Gasteiger partial charge in [0.1, 0.15) is 11.6 Å². The molecule has 22 heavy (non-hydrogen) atoms. The van der Waals surface area contributed by atoms with Crippen molar-refractivity contribution in [2.45, 2.75) is 19.4 Å². The Balaban J connectivity index is 1.62. The zero-order valence-corrected chi connectivity index (χ0v) is 12.3. The van der Waals surface area contributed by atoms with E-state index in [1.165, 1.54) is 37.1 Å². The van der Waals surface area contributed by atoms with Crippen LogP contribution in [0.5, 0.6) is 0 Å². The Bertz CT molecular complexity index is 651. The Kier molecular flexibility index (Phi) is 4.32. The first kappa shape index (κ1) is 14.5. The lowest BCUT2D eigenvalue weighted by Crippen LogP contribution is -2.23. The molecule has 0 unspecified atom stereocenters. The van der Waals surface area contributed by atoms with Crippen LogP contribution in [0.1, 0.15) is 28.8 Å². The van der Waals surface area contributed by atoms with E-state index >= 15 is 0 Å². The number of rotatable bonds is 4. The van der Waals surface area contributed by atoms with Crippen LogP contribution in [0.15, 0.2) is 42.6 Å². The lowest BCUT2D eigenvalue weighted by atomic mass is 10.2. The molecule has 4 nitrogen and oxygen atoms in total. The molecule has 1 amide bonds. The van der Waals surface area contributed by atoms with E-state index in [0.29, 0.717) is 12.1 Å². The fourth-order valence-electron chi connectivity index (χ4n) is 2.58. The Labute approximate surface area is 129 Å². The molecule has 1 fully saturated rings. The van der Waals surface area contributed by atoms with Crippen molar-refractivity contribution in [3.63, 3.8) is 0 Å². The molecule has 3 rings (SSSR count). The average molecular weight is 299 g/mol. The standard InChI is InChI=1S/C17H18FN3O/c18-15-5-3-14(4-6-15)17(22)20-12-13-7-8-19-16(11-13)21-9-1-2-10-21/h3-8,11H,1-2,9-10,12H2,(H,20,22). The highest BCUT2D eigenvalue weighted by atomic mass is 19.1. The normalized spacial score (nSPS) is 14.1. The third-order valence-electron chi connectivity index (χ3n) is 3.80. The molecule has 0 bridgehead atoms. The monoisotopic (exact) mass is 299 g/mol. The molecule has 5 heteroatoms. The summed E-state index contributed by atoms with van der Waals surface area (Å²) in [6, 6.07) is 9.43. The van der Waals surface area contributed by atoms with Crippen LogP contribution >= 0.6 is 0 Å². The topological polar surface area (TPSA) is 45.2 Å². The van der Waals surface area contributed by atoms with Gasteiger partial charge in [0.15, 0.2) is 0 Å². The van der Waals surface area contributed by atoms with E-state index in [-0.39, 0.29) is 11.7 Å². The molecule has 114 valence electrons. The van der Waals surface area contributed by atoms with Crippen molar-refractivity contribution in [1.29, 1.82) is 0 Å². The van der Waals surface area contributed by atoms with Crippen molar-refractivity contribution >= 4 is 11.7 Å². The molecule has 2 heterocycles. The molecule has 1 saturated heterocycles. The molecule has 0 spiro atoms. The number of benzene rings is 1. The highest BCUT2D eigenvalue weighted by molar-refractivity contribution is 5.94. The maximum absolute atomic E-state index is 12.8. The van der Waals surface area contributed by atoms with Gasteiger partial charge in [-0.25, -0.2) is 9.37 Å². The number of nitrogens with one attached hydrogen (secondary N) is 1. The first-order chi connectivity index (χ1) is 10.7. The third kappa shape index (κ3) is 3.42. The van der Waals surface area contributed by atoms with Gasteiger partial charge in [0.25, 0.3) is 5.91 Å². The second-order valence-corrected chi connectivity index (χ2v) is 5.41. The number of carbonyl (C=O) groups is 1. The number of aromatic nitrogens is 1. The molecule has 1 aliphatic rings.